The van der Waals surface area contributed by atoms with Gasteiger partial charge in [-0.2, -0.15) is 0 Å². The summed E-state index contributed by atoms with van der Waals surface area (Å²) in [5, 5.41) is 33.2. The van der Waals surface area contributed by atoms with Crippen LogP contribution in [0.5, 0.6) is 0 Å². The number of unbranched alkanes of at least 4 members (excludes halogenated alkanes) is 35. The van der Waals surface area contributed by atoms with E-state index in [4.69, 9.17) is 0 Å². The Kier molecular flexibility index (Phi) is 44.6. The fraction of sp³-hybridized carbons (Fsp3) is 0.900. The van der Waals surface area contributed by atoms with Gasteiger partial charge in [-0.3, -0.25) is 4.79 Å². The number of nitrogens with one attached hydrogen (secondary N) is 1. The first-order valence-electron chi connectivity index (χ1n) is 24.7. The van der Waals surface area contributed by atoms with E-state index in [1.165, 1.54) is 212 Å². The smallest absolute Gasteiger partial charge is 0.249 e. The summed E-state index contributed by atoms with van der Waals surface area (Å²) < 4.78 is 0. The van der Waals surface area contributed by atoms with Crippen LogP contribution in [0.4, 0.5) is 0 Å². The van der Waals surface area contributed by atoms with Gasteiger partial charge in [0.2, 0.25) is 5.91 Å². The largest absolute Gasteiger partial charge is 0.394 e. The van der Waals surface area contributed by atoms with Gasteiger partial charge in [0.15, 0.2) is 0 Å². The number of aliphatic hydroxyl groups is 3. The molecule has 0 aromatic heterocycles. The maximum absolute atomic E-state index is 12.5. The molecule has 0 aliphatic carbocycles. The predicted molar refractivity (Wildman–Crippen MR) is 241 cm³/mol. The molecule has 1 amide bonds. The van der Waals surface area contributed by atoms with Gasteiger partial charge in [-0.05, 0) is 44.9 Å². The topological polar surface area (TPSA) is 89.8 Å². The van der Waals surface area contributed by atoms with E-state index < -0.39 is 24.2 Å². The van der Waals surface area contributed by atoms with Crippen molar-refractivity contribution in [3.05, 3.63) is 24.3 Å². The second-order valence-corrected chi connectivity index (χ2v) is 17.0. The zero-order valence-corrected chi connectivity index (χ0v) is 37.1. The van der Waals surface area contributed by atoms with Gasteiger partial charge in [0, 0.05) is 0 Å². The van der Waals surface area contributed by atoms with Crippen molar-refractivity contribution in [3.8, 4) is 0 Å². The van der Waals surface area contributed by atoms with Crippen molar-refractivity contribution in [2.45, 2.75) is 283 Å². The van der Waals surface area contributed by atoms with Gasteiger partial charge in [-0.1, -0.05) is 244 Å². The highest BCUT2D eigenvalue weighted by Gasteiger charge is 2.22. The number of carbonyl (C=O) groups is 1. The predicted octanol–water partition coefficient (Wildman–Crippen LogP) is 14.6. The SMILES string of the molecule is CCCCCCCCCCCCCC/C=C\CCCCCCCCCCCC(O)C(=O)NC(CO)C(O)/C=C/CCCCCCCCCCCCCCCC. The first-order chi connectivity index (χ1) is 27.1. The fourth-order valence-corrected chi connectivity index (χ4v) is 7.65. The van der Waals surface area contributed by atoms with Crippen LogP contribution in [0.1, 0.15) is 264 Å². The summed E-state index contributed by atoms with van der Waals surface area (Å²) >= 11 is 0. The quantitative estimate of drug-likeness (QED) is 0.0366. The van der Waals surface area contributed by atoms with Crippen molar-refractivity contribution in [2.24, 2.45) is 0 Å². The van der Waals surface area contributed by atoms with E-state index in [2.05, 4.69) is 31.3 Å². The summed E-state index contributed by atoms with van der Waals surface area (Å²) in [4.78, 5) is 12.5. The van der Waals surface area contributed by atoms with Gasteiger partial charge < -0.3 is 20.6 Å². The Balaban J connectivity index is 3.60. The number of hydrogen-bond acceptors (Lipinski definition) is 4. The molecule has 0 heterocycles. The molecular weight excluding hydrogens is 679 g/mol. The van der Waals surface area contributed by atoms with Gasteiger partial charge in [0.25, 0.3) is 0 Å². The van der Waals surface area contributed by atoms with Crippen molar-refractivity contribution in [3.63, 3.8) is 0 Å². The first kappa shape index (κ1) is 53.8. The van der Waals surface area contributed by atoms with Gasteiger partial charge in [0.1, 0.15) is 6.10 Å². The number of aliphatic hydroxyl groups excluding tert-OH is 3. The van der Waals surface area contributed by atoms with Crippen LogP contribution >= 0.6 is 0 Å². The lowest BCUT2D eigenvalue weighted by atomic mass is 10.0. The third-order valence-corrected chi connectivity index (χ3v) is 11.5. The lowest BCUT2D eigenvalue weighted by Crippen LogP contribution is -2.48. The molecule has 0 saturated carbocycles. The standard InChI is InChI=1S/C50H97NO4/c1-3-5-7-9-11-13-15-17-19-21-22-23-24-25-26-27-28-29-31-33-35-37-39-41-43-45-49(54)50(55)51-47(46-52)48(53)44-42-40-38-36-34-32-30-20-18-16-14-12-10-8-6-4-2/h25-26,42,44,47-49,52-54H,3-24,27-41,43,45-46H2,1-2H3,(H,51,55)/b26-25-,44-42+. The van der Waals surface area contributed by atoms with Crippen molar-refractivity contribution >= 4 is 5.91 Å². The molecule has 0 aromatic carbocycles. The zero-order chi connectivity index (χ0) is 40.1. The lowest BCUT2D eigenvalue weighted by Gasteiger charge is -2.21. The van der Waals surface area contributed by atoms with Crippen molar-refractivity contribution in [1.82, 2.24) is 5.32 Å². The van der Waals surface area contributed by atoms with E-state index in [0.717, 1.165) is 32.1 Å². The Morgan fingerprint density at radius 2 is 0.727 bits per heavy atom. The number of hydrogen-bond donors (Lipinski definition) is 4. The molecular formula is C50H97NO4. The zero-order valence-electron chi connectivity index (χ0n) is 37.1. The minimum atomic E-state index is -1.10. The molecule has 5 nitrogen and oxygen atoms in total. The molecule has 0 bridgehead atoms. The molecule has 0 aromatic rings. The minimum absolute atomic E-state index is 0.362. The molecule has 326 valence electrons. The highest BCUT2D eigenvalue weighted by atomic mass is 16.3. The highest BCUT2D eigenvalue weighted by molar-refractivity contribution is 5.80. The molecule has 55 heavy (non-hydrogen) atoms. The van der Waals surface area contributed by atoms with Gasteiger partial charge in [-0.25, -0.2) is 0 Å². The fourth-order valence-electron chi connectivity index (χ4n) is 7.65. The molecule has 0 aliphatic heterocycles. The summed E-state index contributed by atoms with van der Waals surface area (Å²) in [6.07, 6.45) is 56.5. The molecule has 0 fully saturated rings. The van der Waals surface area contributed by atoms with E-state index in [1.807, 2.05) is 6.08 Å². The maximum atomic E-state index is 12.5. The molecule has 0 spiro atoms. The van der Waals surface area contributed by atoms with Crippen molar-refractivity contribution in [2.75, 3.05) is 6.61 Å². The van der Waals surface area contributed by atoms with E-state index >= 15 is 0 Å². The second-order valence-electron chi connectivity index (χ2n) is 17.0. The summed E-state index contributed by atoms with van der Waals surface area (Å²) in [6.45, 7) is 4.20. The average molecular weight is 776 g/mol. The summed E-state index contributed by atoms with van der Waals surface area (Å²) in [6, 6.07) is -0.796. The Morgan fingerprint density at radius 3 is 1.05 bits per heavy atom. The normalized spacial score (nSPS) is 13.6. The van der Waals surface area contributed by atoms with E-state index in [-0.39, 0.29) is 6.61 Å². The third-order valence-electron chi connectivity index (χ3n) is 11.5. The van der Waals surface area contributed by atoms with E-state index in [9.17, 15) is 20.1 Å². The highest BCUT2D eigenvalue weighted by Crippen LogP contribution is 2.16. The molecule has 0 aliphatic rings. The second kappa shape index (κ2) is 45.5. The number of allylic oxidation sites excluding steroid dienone is 3. The molecule has 4 N–H and O–H groups in total. The summed E-state index contributed by atoms with van der Waals surface area (Å²) in [5.41, 5.74) is 0. The summed E-state index contributed by atoms with van der Waals surface area (Å²) in [7, 11) is 0. The Hall–Kier alpha value is -1.17. The Labute approximate surface area is 343 Å². The summed E-state index contributed by atoms with van der Waals surface area (Å²) in [5.74, 6) is -0.502. The average Bonchev–Trinajstić information content (AvgIpc) is 3.19. The van der Waals surface area contributed by atoms with Crippen LogP contribution in [0.15, 0.2) is 24.3 Å². The molecule has 3 unspecified atom stereocenters. The van der Waals surface area contributed by atoms with Crippen LogP contribution in [-0.4, -0.2) is 46.1 Å². The first-order valence-corrected chi connectivity index (χ1v) is 24.7. The number of amides is 1. The molecule has 5 heteroatoms. The number of rotatable bonds is 45. The van der Waals surface area contributed by atoms with Crippen LogP contribution in [-0.2, 0) is 4.79 Å². The van der Waals surface area contributed by atoms with E-state index in [0.29, 0.717) is 6.42 Å². The van der Waals surface area contributed by atoms with Crippen LogP contribution < -0.4 is 5.32 Å². The van der Waals surface area contributed by atoms with Crippen LogP contribution in [0.25, 0.3) is 0 Å². The van der Waals surface area contributed by atoms with Gasteiger partial charge >= 0.3 is 0 Å². The van der Waals surface area contributed by atoms with Crippen molar-refractivity contribution in [1.29, 1.82) is 0 Å². The Morgan fingerprint density at radius 1 is 0.436 bits per heavy atom. The van der Waals surface area contributed by atoms with Crippen molar-refractivity contribution < 1.29 is 20.1 Å². The monoisotopic (exact) mass is 776 g/mol. The van der Waals surface area contributed by atoms with Crippen LogP contribution in [0.2, 0.25) is 0 Å². The molecule has 3 atom stereocenters. The van der Waals surface area contributed by atoms with E-state index in [1.54, 1.807) is 6.08 Å². The van der Waals surface area contributed by atoms with Gasteiger partial charge in [0.05, 0.1) is 18.8 Å². The Bertz CT molecular complexity index is 814. The molecule has 0 radical (unpaired) electrons. The third kappa shape index (κ3) is 40.8. The molecule has 0 saturated heterocycles. The van der Waals surface area contributed by atoms with Crippen LogP contribution in [0, 0.1) is 0 Å². The number of carbonyl (C=O) groups excluding carboxylic acids is 1. The molecule has 0 rings (SSSR count). The minimum Gasteiger partial charge on any atom is -0.394 e. The maximum Gasteiger partial charge on any atom is 0.249 e. The lowest BCUT2D eigenvalue weighted by molar-refractivity contribution is -0.131. The van der Waals surface area contributed by atoms with Crippen LogP contribution in [0.3, 0.4) is 0 Å². The van der Waals surface area contributed by atoms with Gasteiger partial charge in [-0.15, -0.1) is 0 Å².